The van der Waals surface area contributed by atoms with E-state index in [-0.39, 0.29) is 50.4 Å². The monoisotopic (exact) mass is 818 g/mol. The van der Waals surface area contributed by atoms with Crippen LogP contribution in [0.5, 0.6) is 11.5 Å². The molecule has 0 aromatic heterocycles. The van der Waals surface area contributed by atoms with Crippen LogP contribution in [0.25, 0.3) is 0 Å². The van der Waals surface area contributed by atoms with E-state index in [4.69, 9.17) is 0 Å². The molecule has 6 atom stereocenters. The topological polar surface area (TPSA) is 267 Å². The normalized spacial score (nSPS) is 26.8. The SMILES string of the molecule is O=C1CNC(=O)[C@@H]2CCCN2C(=O)[C@@H]2CCCN2C(=O)[C@H](Cc2ccc(O)cc2)NC(=O)CNC(=O)[C@H](Cc2ccc(O)cc2)NC(=O)[C@@H]2CCCN2C(=O)[C@H](CO)N1. The summed E-state index contributed by atoms with van der Waals surface area (Å²) >= 11 is 0. The number of fused-ring (bicyclic) bond motifs is 3. The highest BCUT2D eigenvalue weighted by atomic mass is 16.3. The quantitative estimate of drug-likeness (QED) is 0.157. The summed E-state index contributed by atoms with van der Waals surface area (Å²) in [6.07, 6.45) is 2.07. The van der Waals surface area contributed by atoms with E-state index in [0.717, 1.165) is 0 Å². The summed E-state index contributed by atoms with van der Waals surface area (Å²) in [5.74, 6) is -5.41. The number of carbonyl (C=O) groups excluding carboxylic acids is 8. The highest BCUT2D eigenvalue weighted by Gasteiger charge is 2.44. The number of hydrogen-bond acceptors (Lipinski definition) is 11. The second kappa shape index (κ2) is 19.0. The molecule has 4 aliphatic rings. The summed E-state index contributed by atoms with van der Waals surface area (Å²) in [4.78, 5) is 114. The minimum atomic E-state index is -1.46. The van der Waals surface area contributed by atoms with E-state index in [9.17, 15) is 53.7 Å². The van der Waals surface area contributed by atoms with E-state index < -0.39 is 103 Å². The molecule has 2 aromatic carbocycles. The standard InChI is InChI=1S/C40H50N8O11/c49-22-29-39(58)46-15-2-5-31(46)37(56)45-27(18-23-7-11-25(50)12-8-23)35(54)41-20-33(52)43-28(19-24-9-13-26(51)14-10-24)38(57)48-17-3-6-32(48)40(59)47-16-1-4-30(47)36(55)42-21-34(53)44-29/h7-14,27-32,49-51H,1-6,15-22H2,(H,41,54)(H,42,55)(H,43,52)(H,44,53)(H,45,56)/t27-,28-,29-,30-,31-,32-/m0/s1. The maximum absolute atomic E-state index is 14.3. The number of phenols is 2. The van der Waals surface area contributed by atoms with Crippen LogP contribution in [-0.4, -0.2) is 153 Å². The van der Waals surface area contributed by atoms with E-state index >= 15 is 0 Å². The van der Waals surface area contributed by atoms with Crippen molar-refractivity contribution in [3.05, 3.63) is 59.7 Å². The lowest BCUT2D eigenvalue weighted by atomic mass is 10.0. The zero-order valence-electron chi connectivity index (χ0n) is 32.4. The van der Waals surface area contributed by atoms with Crippen molar-refractivity contribution in [1.29, 1.82) is 0 Å². The highest BCUT2D eigenvalue weighted by molar-refractivity contribution is 5.98. The molecule has 4 aliphatic heterocycles. The Kier molecular flexibility index (Phi) is 13.7. The highest BCUT2D eigenvalue weighted by Crippen LogP contribution is 2.27. The molecule has 0 bridgehead atoms. The number of amides is 8. The maximum atomic E-state index is 14.3. The van der Waals surface area contributed by atoms with Crippen LogP contribution in [0.4, 0.5) is 0 Å². The number of nitrogens with zero attached hydrogens (tertiary/aromatic N) is 3. The van der Waals surface area contributed by atoms with Crippen molar-refractivity contribution in [2.45, 2.75) is 87.6 Å². The van der Waals surface area contributed by atoms with Crippen LogP contribution >= 0.6 is 0 Å². The van der Waals surface area contributed by atoms with Gasteiger partial charge in [-0.2, -0.15) is 0 Å². The van der Waals surface area contributed by atoms with Crippen LogP contribution in [-0.2, 0) is 51.2 Å². The second-order valence-electron chi connectivity index (χ2n) is 15.2. The summed E-state index contributed by atoms with van der Waals surface area (Å²) in [7, 11) is 0. The average molecular weight is 819 g/mol. The van der Waals surface area contributed by atoms with E-state index in [1.54, 1.807) is 24.3 Å². The molecule has 0 radical (unpaired) electrons. The van der Waals surface area contributed by atoms with Gasteiger partial charge in [-0.1, -0.05) is 24.3 Å². The molecule has 4 fully saturated rings. The molecule has 4 heterocycles. The first-order valence-corrected chi connectivity index (χ1v) is 19.9. The Bertz CT molecular complexity index is 1930. The number of rotatable bonds is 5. The molecule has 19 heteroatoms. The lowest BCUT2D eigenvalue weighted by molar-refractivity contribution is -0.148. The van der Waals surface area contributed by atoms with E-state index in [0.29, 0.717) is 43.2 Å². The van der Waals surface area contributed by atoms with Crippen LogP contribution < -0.4 is 26.6 Å². The zero-order valence-corrected chi connectivity index (χ0v) is 32.4. The van der Waals surface area contributed by atoms with Gasteiger partial charge < -0.3 is 56.6 Å². The van der Waals surface area contributed by atoms with Crippen LogP contribution in [0.2, 0.25) is 0 Å². The Morgan fingerprint density at radius 1 is 0.492 bits per heavy atom. The van der Waals surface area contributed by atoms with E-state index in [1.807, 2.05) is 0 Å². The molecule has 0 saturated carbocycles. The zero-order chi connectivity index (χ0) is 42.2. The van der Waals surface area contributed by atoms with Gasteiger partial charge in [-0.15, -0.1) is 0 Å². The van der Waals surface area contributed by atoms with Gasteiger partial charge in [0.2, 0.25) is 47.3 Å². The average Bonchev–Trinajstić information content (AvgIpc) is 4.03. The number of aliphatic hydroxyl groups is 1. The molecule has 59 heavy (non-hydrogen) atoms. The lowest BCUT2D eigenvalue weighted by Crippen LogP contribution is -2.59. The van der Waals surface area contributed by atoms with Gasteiger partial charge in [-0.05, 0) is 73.9 Å². The number of phenolic OH excluding ortho intramolecular Hbond substituents is 2. The summed E-state index contributed by atoms with van der Waals surface area (Å²) in [6.45, 7) is -1.46. The van der Waals surface area contributed by atoms with Crippen LogP contribution in [0.3, 0.4) is 0 Å². The van der Waals surface area contributed by atoms with Crippen molar-refractivity contribution >= 4 is 47.3 Å². The summed E-state index contributed by atoms with van der Waals surface area (Å²) < 4.78 is 0. The number of aliphatic hydroxyl groups excluding tert-OH is 1. The van der Waals surface area contributed by atoms with Crippen molar-refractivity contribution in [3.63, 3.8) is 0 Å². The Balaban J connectivity index is 1.29. The molecule has 19 nitrogen and oxygen atoms in total. The van der Waals surface area contributed by atoms with E-state index in [1.165, 1.54) is 39.0 Å². The minimum absolute atomic E-state index is 0.00822. The van der Waals surface area contributed by atoms with Gasteiger partial charge in [-0.25, -0.2) is 0 Å². The van der Waals surface area contributed by atoms with Crippen LogP contribution in [0, 0.1) is 0 Å². The molecule has 6 rings (SSSR count). The molecular weight excluding hydrogens is 768 g/mol. The molecule has 0 unspecified atom stereocenters. The lowest BCUT2D eigenvalue weighted by Gasteiger charge is -2.33. The van der Waals surface area contributed by atoms with E-state index in [2.05, 4.69) is 26.6 Å². The van der Waals surface area contributed by atoms with Crippen molar-refractivity contribution in [1.82, 2.24) is 41.3 Å². The fourth-order valence-corrected chi connectivity index (χ4v) is 8.15. The molecule has 316 valence electrons. The van der Waals surface area contributed by atoms with Gasteiger partial charge in [0.05, 0.1) is 19.7 Å². The summed E-state index contributed by atoms with van der Waals surface area (Å²) in [5.41, 5.74) is 1.13. The smallest absolute Gasteiger partial charge is 0.248 e. The third-order valence-electron chi connectivity index (χ3n) is 11.2. The predicted octanol–water partition coefficient (Wildman–Crippen LogP) is -2.45. The molecule has 0 spiro atoms. The van der Waals surface area contributed by atoms with Gasteiger partial charge >= 0.3 is 0 Å². The van der Waals surface area contributed by atoms with Gasteiger partial charge in [0, 0.05) is 32.5 Å². The maximum Gasteiger partial charge on any atom is 0.248 e. The molecule has 8 N–H and O–H groups in total. The molecule has 4 saturated heterocycles. The summed E-state index contributed by atoms with van der Waals surface area (Å²) in [6, 6.07) is 5.04. The fourth-order valence-electron chi connectivity index (χ4n) is 8.15. The molecular formula is C40H50N8O11. The first-order chi connectivity index (χ1) is 28.3. The van der Waals surface area contributed by atoms with Crippen molar-refractivity contribution in [2.75, 3.05) is 39.3 Å². The molecule has 8 amide bonds. The van der Waals surface area contributed by atoms with Gasteiger partial charge in [0.25, 0.3) is 0 Å². The van der Waals surface area contributed by atoms with Crippen molar-refractivity contribution in [2.24, 2.45) is 0 Å². The number of hydrogen-bond donors (Lipinski definition) is 8. The van der Waals surface area contributed by atoms with Gasteiger partial charge in [-0.3, -0.25) is 38.4 Å². The summed E-state index contributed by atoms with van der Waals surface area (Å²) in [5, 5.41) is 42.6. The van der Waals surface area contributed by atoms with Gasteiger partial charge in [0.15, 0.2) is 0 Å². The Hall–Kier alpha value is -6.24. The van der Waals surface area contributed by atoms with Gasteiger partial charge in [0.1, 0.15) is 47.8 Å². The predicted molar refractivity (Wildman–Crippen MR) is 207 cm³/mol. The fraction of sp³-hybridized carbons (Fsp3) is 0.500. The Labute approximate surface area is 339 Å². The van der Waals surface area contributed by atoms with Crippen LogP contribution in [0.15, 0.2) is 48.5 Å². The largest absolute Gasteiger partial charge is 0.508 e. The number of aromatic hydroxyl groups is 2. The second-order valence-corrected chi connectivity index (χ2v) is 15.2. The number of carbonyl (C=O) groups is 8. The number of benzene rings is 2. The first-order valence-electron chi connectivity index (χ1n) is 19.9. The first kappa shape index (κ1) is 42.4. The van der Waals surface area contributed by atoms with Crippen LogP contribution in [0.1, 0.15) is 49.7 Å². The Morgan fingerprint density at radius 2 is 0.915 bits per heavy atom. The minimum Gasteiger partial charge on any atom is -0.508 e. The molecule has 2 aromatic rings. The van der Waals surface area contributed by atoms with Crippen molar-refractivity contribution < 1.29 is 53.7 Å². The third kappa shape index (κ3) is 10.3. The molecule has 0 aliphatic carbocycles. The third-order valence-corrected chi connectivity index (χ3v) is 11.2. The Morgan fingerprint density at radius 3 is 1.46 bits per heavy atom. The number of nitrogens with one attached hydrogen (secondary N) is 5. The van der Waals surface area contributed by atoms with Crippen molar-refractivity contribution in [3.8, 4) is 11.5 Å².